The Bertz CT molecular complexity index is 1520. The number of imidazole rings is 2. The fraction of sp³-hybridized carbons (Fsp3) is 0.148. The Morgan fingerprint density at radius 2 is 1.92 bits per heavy atom. The van der Waals surface area contributed by atoms with Gasteiger partial charge in [-0.15, -0.1) is 0 Å². The van der Waals surface area contributed by atoms with Gasteiger partial charge in [-0.05, 0) is 43.7 Å². The number of anilines is 1. The minimum atomic E-state index is -0.532. The first kappa shape index (κ1) is 23.6. The minimum absolute atomic E-state index is 0.00152. The molecule has 2 N–H and O–H groups in total. The monoisotopic (exact) mass is 503 g/mol. The Hall–Kier alpha value is -4.17. The summed E-state index contributed by atoms with van der Waals surface area (Å²) >= 11 is 6.13. The molecule has 0 bridgehead atoms. The number of carbonyl (C=O) groups is 1. The zero-order valence-electron chi connectivity index (χ0n) is 19.6. The number of hydrogen-bond donors (Lipinski definition) is 2. The molecule has 3 aromatic carbocycles. The van der Waals surface area contributed by atoms with E-state index in [4.69, 9.17) is 16.3 Å². The number of fused-ring (bicyclic) bond motifs is 1. The molecule has 0 saturated carbocycles. The quantitative estimate of drug-likeness (QED) is 0.261. The minimum Gasteiger partial charge on any atom is -0.489 e. The molecule has 2 aromatic heterocycles. The van der Waals surface area contributed by atoms with Gasteiger partial charge in [-0.25, -0.2) is 14.4 Å². The molecule has 5 rings (SSSR count). The van der Waals surface area contributed by atoms with Gasteiger partial charge in [0, 0.05) is 18.3 Å². The van der Waals surface area contributed by atoms with Gasteiger partial charge >= 0.3 is 0 Å². The van der Waals surface area contributed by atoms with Crippen LogP contribution in [0, 0.1) is 5.82 Å². The van der Waals surface area contributed by atoms with E-state index < -0.39 is 11.7 Å². The summed E-state index contributed by atoms with van der Waals surface area (Å²) in [6, 6.07) is 19.9. The lowest BCUT2D eigenvalue weighted by Gasteiger charge is -2.13. The van der Waals surface area contributed by atoms with Crippen LogP contribution in [0.3, 0.4) is 0 Å². The topological polar surface area (TPSA) is 84.8 Å². The molecule has 7 nitrogen and oxygen atoms in total. The lowest BCUT2D eigenvalue weighted by Crippen LogP contribution is -2.17. The van der Waals surface area contributed by atoms with Crippen LogP contribution in [0.25, 0.3) is 22.4 Å². The van der Waals surface area contributed by atoms with Crippen LogP contribution in [0.15, 0.2) is 72.9 Å². The van der Waals surface area contributed by atoms with E-state index in [0.29, 0.717) is 23.8 Å². The number of aromatic nitrogens is 4. The van der Waals surface area contributed by atoms with Crippen molar-refractivity contribution in [1.82, 2.24) is 19.5 Å². The lowest BCUT2D eigenvalue weighted by molar-refractivity contribution is 0.102. The molecule has 2 heterocycles. The third-order valence-electron chi connectivity index (χ3n) is 5.66. The van der Waals surface area contributed by atoms with Crippen LogP contribution in [-0.4, -0.2) is 25.4 Å². The van der Waals surface area contributed by atoms with Gasteiger partial charge in [0.1, 0.15) is 29.7 Å². The number of hydrogen-bond acceptors (Lipinski definition) is 4. The first-order chi connectivity index (χ1) is 17.4. The number of halogens is 2. The number of benzene rings is 3. The molecule has 0 atom stereocenters. The fourth-order valence-corrected chi connectivity index (χ4v) is 4.22. The maximum absolute atomic E-state index is 14.3. The van der Waals surface area contributed by atoms with Gasteiger partial charge in [0.05, 0.1) is 21.6 Å². The highest BCUT2D eigenvalue weighted by molar-refractivity contribution is 6.33. The van der Waals surface area contributed by atoms with E-state index in [0.717, 1.165) is 11.1 Å². The number of nitrogens with one attached hydrogen (secondary N) is 2. The fourth-order valence-electron chi connectivity index (χ4n) is 3.97. The predicted octanol–water partition coefficient (Wildman–Crippen LogP) is 6.63. The third kappa shape index (κ3) is 4.67. The molecule has 36 heavy (non-hydrogen) atoms. The number of amides is 1. The van der Waals surface area contributed by atoms with Crippen molar-refractivity contribution in [3.05, 3.63) is 95.0 Å². The normalized spacial score (nSPS) is 11.2. The van der Waals surface area contributed by atoms with Gasteiger partial charge < -0.3 is 14.3 Å². The Balaban J connectivity index is 1.40. The van der Waals surface area contributed by atoms with Gasteiger partial charge in [-0.1, -0.05) is 48.0 Å². The number of nitrogens with zero attached hydrogens (tertiary/aromatic N) is 3. The van der Waals surface area contributed by atoms with Crippen LogP contribution in [0.2, 0.25) is 5.02 Å². The number of aromatic amines is 1. The molecule has 0 aliphatic rings. The molecule has 0 radical (unpaired) electrons. The van der Waals surface area contributed by atoms with E-state index in [1.807, 2.05) is 66.9 Å². The van der Waals surface area contributed by atoms with E-state index in [2.05, 4.69) is 20.3 Å². The third-order valence-corrected chi connectivity index (χ3v) is 5.98. The predicted molar refractivity (Wildman–Crippen MR) is 138 cm³/mol. The molecular formula is C27H23ClFN5O2. The van der Waals surface area contributed by atoms with Crippen LogP contribution < -0.4 is 10.1 Å². The zero-order valence-corrected chi connectivity index (χ0v) is 20.4. The van der Waals surface area contributed by atoms with Crippen molar-refractivity contribution in [2.24, 2.45) is 0 Å². The van der Waals surface area contributed by atoms with Crippen LogP contribution in [0.4, 0.5) is 10.3 Å². The Kier molecular flexibility index (Phi) is 6.43. The summed E-state index contributed by atoms with van der Waals surface area (Å²) in [6.07, 6.45) is 1.41. The highest BCUT2D eigenvalue weighted by atomic mass is 35.5. The lowest BCUT2D eigenvalue weighted by atomic mass is 10.2. The van der Waals surface area contributed by atoms with Crippen LogP contribution in [-0.2, 0) is 6.61 Å². The number of carbonyl (C=O) groups excluding carboxylic acids is 1. The smallest absolute Gasteiger partial charge is 0.278 e. The van der Waals surface area contributed by atoms with Crippen molar-refractivity contribution < 1.29 is 13.9 Å². The standard InChI is InChI=1S/C27H23ClFN5O2/c1-16(2)34-23-13-18(36-15-17-7-4-3-5-8-17)11-12-21(23)32-27(34)33-26(35)22-14-30-25(31-22)24-19(28)9-6-10-20(24)29/h3-14,16H,15H2,1-2H3,(H,30,31)(H,32,33,35). The average molecular weight is 504 g/mol. The first-order valence-corrected chi connectivity index (χ1v) is 11.8. The van der Waals surface area contributed by atoms with Gasteiger partial charge in [-0.3, -0.25) is 10.1 Å². The van der Waals surface area contributed by atoms with E-state index in [1.165, 1.54) is 18.3 Å². The molecule has 0 aliphatic carbocycles. The van der Waals surface area contributed by atoms with Gasteiger partial charge in [0.2, 0.25) is 5.95 Å². The molecule has 0 saturated heterocycles. The Labute approximate surface area is 211 Å². The molecule has 182 valence electrons. The van der Waals surface area contributed by atoms with Crippen molar-refractivity contribution in [3.63, 3.8) is 0 Å². The average Bonchev–Trinajstić information content (AvgIpc) is 3.48. The molecule has 0 spiro atoms. The summed E-state index contributed by atoms with van der Waals surface area (Å²) in [5, 5.41) is 3.03. The molecule has 0 unspecified atom stereocenters. The summed E-state index contributed by atoms with van der Waals surface area (Å²) < 4.78 is 22.2. The van der Waals surface area contributed by atoms with E-state index in [1.54, 1.807) is 6.07 Å². The maximum Gasteiger partial charge on any atom is 0.278 e. The number of rotatable bonds is 7. The highest BCUT2D eigenvalue weighted by Crippen LogP contribution is 2.30. The van der Waals surface area contributed by atoms with Crippen molar-refractivity contribution >= 4 is 34.5 Å². The van der Waals surface area contributed by atoms with E-state index in [9.17, 15) is 9.18 Å². The Morgan fingerprint density at radius 1 is 1.11 bits per heavy atom. The maximum atomic E-state index is 14.3. The molecule has 9 heteroatoms. The van der Waals surface area contributed by atoms with Gasteiger partial charge in [0.25, 0.3) is 5.91 Å². The van der Waals surface area contributed by atoms with E-state index >= 15 is 0 Å². The summed E-state index contributed by atoms with van der Waals surface area (Å²) in [7, 11) is 0. The summed E-state index contributed by atoms with van der Waals surface area (Å²) in [5.74, 6) is 0.225. The molecule has 0 aliphatic heterocycles. The number of ether oxygens (including phenoxy) is 1. The largest absolute Gasteiger partial charge is 0.489 e. The van der Waals surface area contributed by atoms with Crippen molar-refractivity contribution in [2.45, 2.75) is 26.5 Å². The van der Waals surface area contributed by atoms with Crippen LogP contribution in [0.5, 0.6) is 5.75 Å². The second-order valence-electron chi connectivity index (χ2n) is 8.51. The van der Waals surface area contributed by atoms with Crippen LogP contribution in [0.1, 0.15) is 35.9 Å². The van der Waals surface area contributed by atoms with Crippen LogP contribution >= 0.6 is 11.6 Å². The van der Waals surface area contributed by atoms with Gasteiger partial charge in [-0.2, -0.15) is 0 Å². The molecule has 0 fully saturated rings. The second kappa shape index (κ2) is 9.83. The van der Waals surface area contributed by atoms with Gasteiger partial charge in [0.15, 0.2) is 0 Å². The molecular weight excluding hydrogens is 481 g/mol. The second-order valence-corrected chi connectivity index (χ2v) is 8.92. The van der Waals surface area contributed by atoms with Crippen molar-refractivity contribution in [3.8, 4) is 17.1 Å². The number of H-pyrrole nitrogens is 1. The van der Waals surface area contributed by atoms with E-state index in [-0.39, 0.29) is 28.1 Å². The van der Waals surface area contributed by atoms with Crippen molar-refractivity contribution in [2.75, 3.05) is 5.32 Å². The molecule has 5 aromatic rings. The summed E-state index contributed by atoms with van der Waals surface area (Å²) in [4.78, 5) is 24.7. The summed E-state index contributed by atoms with van der Waals surface area (Å²) in [5.41, 5.74) is 2.80. The SMILES string of the molecule is CC(C)n1c(NC(=O)c2c[nH]c(-c3c(F)cccc3Cl)n2)nc2ccc(OCc3ccccc3)cc21. The summed E-state index contributed by atoms with van der Waals surface area (Å²) in [6.45, 7) is 4.45. The Morgan fingerprint density at radius 3 is 2.67 bits per heavy atom. The highest BCUT2D eigenvalue weighted by Gasteiger charge is 2.20. The zero-order chi connectivity index (χ0) is 25.2. The van der Waals surface area contributed by atoms with Crippen molar-refractivity contribution in [1.29, 1.82) is 0 Å². The molecule has 1 amide bonds. The first-order valence-electron chi connectivity index (χ1n) is 11.4.